The standard InChI is InChI=1S/C26H23N3O2S.2ClH/c1-19-10-12-23(13-11-19)32(30,31)29-18-22(24-8-2-3-9-25(24)29)16-20-6-5-15-28-26(20)21-7-4-14-27-17-21;;/h2-4,7-14,16-18H,5-6,15H2,1H3;2*1H/b20-16+;;. The summed E-state index contributed by atoms with van der Waals surface area (Å²) in [4.78, 5) is 9.26. The topological polar surface area (TPSA) is 64.3 Å². The zero-order chi connectivity index (χ0) is 22.1. The van der Waals surface area contributed by atoms with Gasteiger partial charge in [-0.2, -0.15) is 0 Å². The molecule has 0 aliphatic carbocycles. The Kier molecular flexibility index (Phi) is 7.97. The van der Waals surface area contributed by atoms with Gasteiger partial charge < -0.3 is 0 Å². The summed E-state index contributed by atoms with van der Waals surface area (Å²) in [6, 6.07) is 18.5. The largest absolute Gasteiger partial charge is 0.284 e. The maximum Gasteiger partial charge on any atom is 0.268 e. The van der Waals surface area contributed by atoms with Crippen molar-refractivity contribution in [1.82, 2.24) is 8.96 Å². The summed E-state index contributed by atoms with van der Waals surface area (Å²) >= 11 is 0. The predicted octanol–water partition coefficient (Wildman–Crippen LogP) is 6.09. The summed E-state index contributed by atoms with van der Waals surface area (Å²) < 4.78 is 28.3. The van der Waals surface area contributed by atoms with Crippen LogP contribution in [0.25, 0.3) is 17.0 Å². The molecular weight excluding hydrogens is 489 g/mol. The summed E-state index contributed by atoms with van der Waals surface area (Å²) in [5.74, 6) is 0. The first-order valence-corrected chi connectivity index (χ1v) is 12.1. The first-order valence-electron chi connectivity index (χ1n) is 10.6. The van der Waals surface area contributed by atoms with Gasteiger partial charge in [0.05, 0.1) is 16.1 Å². The van der Waals surface area contributed by atoms with Gasteiger partial charge >= 0.3 is 0 Å². The predicted molar refractivity (Wildman–Crippen MR) is 143 cm³/mol. The highest BCUT2D eigenvalue weighted by Crippen LogP contribution is 2.30. The number of pyridine rings is 1. The molecule has 1 aliphatic heterocycles. The van der Waals surface area contributed by atoms with E-state index in [9.17, 15) is 8.42 Å². The molecule has 4 aromatic rings. The number of hydrogen-bond acceptors (Lipinski definition) is 4. The Labute approximate surface area is 212 Å². The van der Waals surface area contributed by atoms with E-state index in [0.29, 0.717) is 5.52 Å². The van der Waals surface area contributed by atoms with Gasteiger partial charge in [-0.3, -0.25) is 9.98 Å². The molecule has 2 aromatic carbocycles. The third kappa shape index (κ3) is 4.80. The molecular formula is C26H25Cl2N3O2S. The first-order chi connectivity index (χ1) is 15.5. The molecule has 0 bridgehead atoms. The van der Waals surface area contributed by atoms with Crippen molar-refractivity contribution in [3.63, 3.8) is 0 Å². The molecule has 34 heavy (non-hydrogen) atoms. The summed E-state index contributed by atoms with van der Waals surface area (Å²) in [5.41, 5.74) is 5.56. The minimum Gasteiger partial charge on any atom is -0.284 e. The number of aryl methyl sites for hydroxylation is 1. The van der Waals surface area contributed by atoms with Crippen molar-refractivity contribution < 1.29 is 8.42 Å². The van der Waals surface area contributed by atoms with Crippen molar-refractivity contribution in [3.8, 4) is 0 Å². The number of nitrogens with zero attached hydrogens (tertiary/aromatic N) is 3. The van der Waals surface area contributed by atoms with E-state index in [1.54, 1.807) is 24.5 Å². The van der Waals surface area contributed by atoms with E-state index in [1.165, 1.54) is 3.97 Å². The van der Waals surface area contributed by atoms with Gasteiger partial charge in [-0.05, 0) is 61.7 Å². The highest BCUT2D eigenvalue weighted by Gasteiger charge is 2.22. The number of hydrogen-bond donors (Lipinski definition) is 0. The van der Waals surface area contributed by atoms with Crippen LogP contribution in [-0.4, -0.2) is 29.6 Å². The zero-order valence-corrected chi connectivity index (χ0v) is 21.0. The molecule has 0 radical (unpaired) electrons. The molecule has 5 rings (SSSR count). The SMILES string of the molecule is Cc1ccc(S(=O)(=O)n2cc(/C=C3\CCCN=C3c3cccnc3)c3ccccc32)cc1.Cl.Cl. The van der Waals surface area contributed by atoms with Gasteiger partial charge in [0.2, 0.25) is 0 Å². The van der Waals surface area contributed by atoms with Gasteiger partial charge in [0.25, 0.3) is 10.0 Å². The number of allylic oxidation sites excluding steroid dienone is 1. The van der Waals surface area contributed by atoms with E-state index in [4.69, 9.17) is 4.99 Å². The molecule has 0 atom stereocenters. The van der Waals surface area contributed by atoms with Gasteiger partial charge in [0.15, 0.2) is 0 Å². The number of para-hydroxylation sites is 1. The smallest absolute Gasteiger partial charge is 0.268 e. The van der Waals surface area contributed by atoms with Crippen LogP contribution in [0.4, 0.5) is 0 Å². The van der Waals surface area contributed by atoms with Crippen LogP contribution in [0.2, 0.25) is 0 Å². The van der Waals surface area contributed by atoms with Crippen LogP contribution in [0.5, 0.6) is 0 Å². The Morgan fingerprint density at radius 2 is 1.74 bits per heavy atom. The molecule has 1 aliphatic rings. The quantitative estimate of drug-likeness (QED) is 0.331. The number of rotatable bonds is 4. The fraction of sp³-hybridized carbons (Fsp3) is 0.154. The Hall–Kier alpha value is -2.93. The highest BCUT2D eigenvalue weighted by molar-refractivity contribution is 7.90. The van der Waals surface area contributed by atoms with Crippen molar-refractivity contribution in [1.29, 1.82) is 0 Å². The maximum absolute atomic E-state index is 13.5. The summed E-state index contributed by atoms with van der Waals surface area (Å²) in [5, 5.41) is 0.895. The van der Waals surface area contributed by atoms with Gasteiger partial charge in [-0.1, -0.05) is 35.9 Å². The van der Waals surface area contributed by atoms with E-state index in [0.717, 1.165) is 52.7 Å². The Balaban J connectivity index is 0.00000162. The molecule has 2 aromatic heterocycles. The average Bonchev–Trinajstić information content (AvgIpc) is 3.20. The van der Waals surface area contributed by atoms with Crippen molar-refractivity contribution in [2.75, 3.05) is 6.54 Å². The number of fused-ring (bicyclic) bond motifs is 1. The van der Waals surface area contributed by atoms with Crippen LogP contribution >= 0.6 is 24.8 Å². The van der Waals surface area contributed by atoms with Gasteiger partial charge in [-0.25, -0.2) is 12.4 Å². The maximum atomic E-state index is 13.5. The van der Waals surface area contributed by atoms with Gasteiger partial charge in [0, 0.05) is 41.6 Å². The molecule has 3 heterocycles. The van der Waals surface area contributed by atoms with Crippen LogP contribution in [0.3, 0.4) is 0 Å². The van der Waals surface area contributed by atoms with Crippen LogP contribution in [0, 0.1) is 6.92 Å². The number of aromatic nitrogens is 2. The molecule has 0 unspecified atom stereocenters. The van der Waals surface area contributed by atoms with Gasteiger partial charge in [0.1, 0.15) is 0 Å². The summed E-state index contributed by atoms with van der Waals surface area (Å²) in [6.45, 7) is 2.72. The Morgan fingerprint density at radius 1 is 0.971 bits per heavy atom. The average molecular weight is 514 g/mol. The van der Waals surface area contributed by atoms with Crippen molar-refractivity contribution >= 4 is 57.5 Å². The second kappa shape index (κ2) is 10.6. The molecule has 8 heteroatoms. The summed E-state index contributed by atoms with van der Waals surface area (Å²) in [6.07, 6.45) is 9.23. The third-order valence-electron chi connectivity index (χ3n) is 5.73. The van der Waals surface area contributed by atoms with Crippen LogP contribution in [-0.2, 0) is 10.0 Å². The van der Waals surface area contributed by atoms with Crippen LogP contribution in [0.1, 0.15) is 29.5 Å². The van der Waals surface area contributed by atoms with Gasteiger partial charge in [-0.15, -0.1) is 24.8 Å². The minimum absolute atomic E-state index is 0. The van der Waals surface area contributed by atoms with E-state index in [-0.39, 0.29) is 29.7 Å². The van der Waals surface area contributed by atoms with E-state index in [2.05, 4.69) is 11.1 Å². The number of aliphatic imine (C=N–C) groups is 1. The lowest BCUT2D eigenvalue weighted by atomic mass is 9.95. The van der Waals surface area contributed by atoms with Crippen molar-refractivity contribution in [2.45, 2.75) is 24.7 Å². The number of halogens is 2. The van der Waals surface area contributed by atoms with Crippen molar-refractivity contribution in [2.24, 2.45) is 4.99 Å². The fourth-order valence-corrected chi connectivity index (χ4v) is 5.48. The normalized spacial score (nSPS) is 14.9. The number of benzene rings is 2. The second-order valence-electron chi connectivity index (χ2n) is 7.96. The lowest BCUT2D eigenvalue weighted by molar-refractivity contribution is 0.589. The van der Waals surface area contributed by atoms with Crippen LogP contribution in [0.15, 0.2) is 94.7 Å². The monoisotopic (exact) mass is 513 g/mol. The molecule has 0 fully saturated rings. The van der Waals surface area contributed by atoms with Crippen LogP contribution < -0.4 is 0 Å². The first kappa shape index (κ1) is 25.7. The molecule has 0 spiro atoms. The Morgan fingerprint density at radius 3 is 2.47 bits per heavy atom. The molecule has 0 saturated heterocycles. The van der Waals surface area contributed by atoms with E-state index >= 15 is 0 Å². The minimum atomic E-state index is -3.72. The molecule has 5 nitrogen and oxygen atoms in total. The second-order valence-corrected chi connectivity index (χ2v) is 9.78. The molecule has 176 valence electrons. The molecule has 0 amide bonds. The summed E-state index contributed by atoms with van der Waals surface area (Å²) in [7, 11) is -3.72. The lowest BCUT2D eigenvalue weighted by Crippen LogP contribution is -2.12. The Bertz CT molecular complexity index is 1460. The van der Waals surface area contributed by atoms with E-state index in [1.807, 2.05) is 61.7 Å². The van der Waals surface area contributed by atoms with E-state index < -0.39 is 10.0 Å². The highest BCUT2D eigenvalue weighted by atomic mass is 35.5. The van der Waals surface area contributed by atoms with Crippen molar-refractivity contribution in [3.05, 3.63) is 102 Å². The molecule has 0 saturated carbocycles. The zero-order valence-electron chi connectivity index (χ0n) is 18.6. The third-order valence-corrected chi connectivity index (χ3v) is 7.42. The fourth-order valence-electron chi connectivity index (χ4n) is 4.10. The lowest BCUT2D eigenvalue weighted by Gasteiger charge is -2.16. The molecule has 0 N–H and O–H groups in total.